The highest BCUT2D eigenvalue weighted by Gasteiger charge is 2.13. The highest BCUT2D eigenvalue weighted by molar-refractivity contribution is 7.91. The Bertz CT molecular complexity index is 509. The quantitative estimate of drug-likeness (QED) is 0.294. The minimum atomic E-state index is -3.39. The van der Waals surface area contributed by atoms with E-state index in [2.05, 4.69) is 26.9 Å². The van der Waals surface area contributed by atoms with E-state index in [-0.39, 0.29) is 6.54 Å². The molecule has 0 bridgehead atoms. The van der Waals surface area contributed by atoms with Gasteiger partial charge in [-0.1, -0.05) is 12.1 Å². The van der Waals surface area contributed by atoms with Crippen molar-refractivity contribution in [3.63, 3.8) is 0 Å². The minimum absolute atomic E-state index is 0.287. The molecule has 0 aromatic carbocycles. The van der Waals surface area contributed by atoms with Crippen LogP contribution in [0.4, 0.5) is 0 Å². The van der Waals surface area contributed by atoms with E-state index in [1.165, 1.54) is 11.3 Å². The molecule has 1 heterocycles. The Hall–Kier alpha value is -1.38. The number of nitrogens with zero attached hydrogens (tertiary/aromatic N) is 1. The van der Waals surface area contributed by atoms with Gasteiger partial charge in [-0.3, -0.25) is 4.99 Å². The summed E-state index contributed by atoms with van der Waals surface area (Å²) in [6.45, 7) is 4.92. The van der Waals surface area contributed by atoms with Crippen LogP contribution in [-0.2, 0) is 10.0 Å². The van der Waals surface area contributed by atoms with E-state index < -0.39 is 10.0 Å². The van der Waals surface area contributed by atoms with Crippen LogP contribution in [0, 0.1) is 0 Å². The van der Waals surface area contributed by atoms with Crippen LogP contribution in [0.1, 0.15) is 0 Å². The lowest BCUT2D eigenvalue weighted by Crippen LogP contribution is -2.41. The number of hydrogen-bond donors (Lipinski definition) is 3. The van der Waals surface area contributed by atoms with Gasteiger partial charge in [0.1, 0.15) is 4.21 Å². The Morgan fingerprint density at radius 3 is 2.84 bits per heavy atom. The van der Waals surface area contributed by atoms with Gasteiger partial charge < -0.3 is 10.6 Å². The molecular formula is C11H18N4O2S2. The summed E-state index contributed by atoms with van der Waals surface area (Å²) in [5, 5.41) is 7.71. The first-order valence-electron chi connectivity index (χ1n) is 5.68. The van der Waals surface area contributed by atoms with Crippen LogP contribution in [0.15, 0.2) is 39.4 Å². The molecule has 1 rings (SSSR count). The fourth-order valence-corrected chi connectivity index (χ4v) is 3.31. The van der Waals surface area contributed by atoms with Crippen molar-refractivity contribution in [1.29, 1.82) is 0 Å². The molecule has 19 heavy (non-hydrogen) atoms. The van der Waals surface area contributed by atoms with E-state index >= 15 is 0 Å². The largest absolute Gasteiger partial charge is 0.355 e. The Balaban J connectivity index is 2.33. The first-order valence-corrected chi connectivity index (χ1v) is 8.05. The summed E-state index contributed by atoms with van der Waals surface area (Å²) in [5.41, 5.74) is 0. The molecule has 1 aromatic rings. The molecule has 0 radical (unpaired) electrons. The lowest BCUT2D eigenvalue weighted by molar-refractivity contribution is 0.582. The number of guanidine groups is 1. The molecule has 3 N–H and O–H groups in total. The summed E-state index contributed by atoms with van der Waals surface area (Å²) >= 11 is 1.19. The average Bonchev–Trinajstić information content (AvgIpc) is 2.92. The maximum absolute atomic E-state index is 11.8. The second-order valence-electron chi connectivity index (χ2n) is 3.50. The second kappa shape index (κ2) is 7.93. The van der Waals surface area contributed by atoms with Gasteiger partial charge in [0.2, 0.25) is 10.0 Å². The molecule has 106 valence electrons. The first-order chi connectivity index (χ1) is 9.10. The van der Waals surface area contributed by atoms with Crippen molar-refractivity contribution in [2.45, 2.75) is 4.21 Å². The molecule has 0 saturated heterocycles. The molecule has 6 nitrogen and oxygen atoms in total. The van der Waals surface area contributed by atoms with Gasteiger partial charge in [0.25, 0.3) is 0 Å². The molecule has 0 saturated carbocycles. The van der Waals surface area contributed by atoms with E-state index in [1.54, 1.807) is 30.6 Å². The summed E-state index contributed by atoms with van der Waals surface area (Å²) < 4.78 is 26.4. The highest BCUT2D eigenvalue weighted by Crippen LogP contribution is 2.14. The Labute approximate surface area is 117 Å². The van der Waals surface area contributed by atoms with Crippen LogP contribution in [0.2, 0.25) is 0 Å². The van der Waals surface area contributed by atoms with Crippen molar-refractivity contribution in [3.8, 4) is 0 Å². The van der Waals surface area contributed by atoms with Crippen molar-refractivity contribution in [1.82, 2.24) is 15.4 Å². The van der Waals surface area contributed by atoms with Crippen molar-refractivity contribution in [3.05, 3.63) is 30.2 Å². The Morgan fingerprint density at radius 1 is 1.47 bits per heavy atom. The highest BCUT2D eigenvalue weighted by atomic mass is 32.2. The van der Waals surface area contributed by atoms with Crippen molar-refractivity contribution < 1.29 is 8.42 Å². The fourth-order valence-electron chi connectivity index (χ4n) is 1.24. The van der Waals surface area contributed by atoms with Crippen LogP contribution >= 0.6 is 11.3 Å². The topological polar surface area (TPSA) is 82.6 Å². The third-order valence-electron chi connectivity index (χ3n) is 2.11. The third kappa shape index (κ3) is 5.41. The molecular weight excluding hydrogens is 284 g/mol. The lowest BCUT2D eigenvalue weighted by Gasteiger charge is -2.10. The molecule has 0 unspecified atom stereocenters. The Morgan fingerprint density at radius 2 is 2.26 bits per heavy atom. The predicted molar refractivity (Wildman–Crippen MR) is 79.1 cm³/mol. The number of thiophene rings is 1. The summed E-state index contributed by atoms with van der Waals surface area (Å²) in [7, 11) is -1.74. The molecule has 0 amide bonds. The number of hydrogen-bond acceptors (Lipinski definition) is 4. The lowest BCUT2D eigenvalue weighted by atomic mass is 10.6. The molecule has 0 aliphatic heterocycles. The van der Waals surface area contributed by atoms with Gasteiger partial charge in [-0.2, -0.15) is 0 Å². The maximum Gasteiger partial charge on any atom is 0.250 e. The van der Waals surface area contributed by atoms with Crippen molar-refractivity contribution in [2.75, 3.05) is 26.7 Å². The monoisotopic (exact) mass is 302 g/mol. The normalized spacial score (nSPS) is 12.2. The minimum Gasteiger partial charge on any atom is -0.355 e. The number of nitrogens with one attached hydrogen (secondary N) is 3. The van der Waals surface area contributed by atoms with E-state index in [0.717, 1.165) is 0 Å². The smallest absolute Gasteiger partial charge is 0.250 e. The van der Waals surface area contributed by atoms with Gasteiger partial charge in [-0.05, 0) is 11.4 Å². The summed E-state index contributed by atoms with van der Waals surface area (Å²) in [4.78, 5) is 3.98. The third-order valence-corrected chi connectivity index (χ3v) is 4.97. The zero-order valence-electron chi connectivity index (χ0n) is 10.7. The molecule has 0 aliphatic carbocycles. The number of aliphatic imine (C=N–C) groups is 1. The van der Waals surface area contributed by atoms with E-state index in [1.807, 2.05) is 0 Å². The van der Waals surface area contributed by atoms with E-state index in [0.29, 0.717) is 23.3 Å². The summed E-state index contributed by atoms with van der Waals surface area (Å²) in [5.74, 6) is 0.607. The number of sulfonamides is 1. The number of rotatable bonds is 7. The molecule has 0 atom stereocenters. The van der Waals surface area contributed by atoms with E-state index in [4.69, 9.17) is 0 Å². The van der Waals surface area contributed by atoms with Crippen molar-refractivity contribution >= 4 is 27.3 Å². The summed E-state index contributed by atoms with van der Waals surface area (Å²) in [6, 6.07) is 3.28. The SMILES string of the molecule is C=CCNC(=NC)NCCNS(=O)(=O)c1cccs1. The van der Waals surface area contributed by atoms with Crippen LogP contribution in [-0.4, -0.2) is 41.1 Å². The average molecular weight is 302 g/mol. The molecule has 0 spiro atoms. The molecule has 0 aliphatic rings. The summed E-state index contributed by atoms with van der Waals surface area (Å²) in [6.07, 6.45) is 1.71. The molecule has 8 heteroatoms. The van der Waals surface area contributed by atoms with Crippen molar-refractivity contribution in [2.24, 2.45) is 4.99 Å². The van der Waals surface area contributed by atoms with Crippen LogP contribution in [0.5, 0.6) is 0 Å². The second-order valence-corrected chi connectivity index (χ2v) is 6.44. The van der Waals surface area contributed by atoms with Gasteiger partial charge in [0.05, 0.1) is 0 Å². The zero-order chi connectivity index (χ0) is 14.1. The molecule has 1 aromatic heterocycles. The van der Waals surface area contributed by atoms with E-state index in [9.17, 15) is 8.42 Å². The van der Waals surface area contributed by atoms with Gasteiger partial charge in [-0.15, -0.1) is 17.9 Å². The first kappa shape index (κ1) is 15.7. The van der Waals surface area contributed by atoms with Crippen LogP contribution in [0.25, 0.3) is 0 Å². The predicted octanol–water partition coefficient (Wildman–Crippen LogP) is 0.377. The van der Waals surface area contributed by atoms with Gasteiger partial charge >= 0.3 is 0 Å². The van der Waals surface area contributed by atoms with Gasteiger partial charge in [0, 0.05) is 26.7 Å². The van der Waals surface area contributed by atoms with Crippen LogP contribution < -0.4 is 15.4 Å². The maximum atomic E-state index is 11.8. The van der Waals surface area contributed by atoms with Gasteiger partial charge in [0.15, 0.2) is 5.96 Å². The fraction of sp³-hybridized carbons (Fsp3) is 0.364. The van der Waals surface area contributed by atoms with Crippen LogP contribution in [0.3, 0.4) is 0 Å². The van der Waals surface area contributed by atoms with Gasteiger partial charge in [-0.25, -0.2) is 13.1 Å². The Kier molecular flexibility index (Phi) is 6.54. The zero-order valence-corrected chi connectivity index (χ0v) is 12.4. The molecule has 0 fully saturated rings. The standard InChI is InChI=1S/C11H18N4O2S2/c1-3-6-13-11(12-2)14-7-8-15-19(16,17)10-5-4-9-18-10/h3-5,9,15H,1,6-8H2,2H3,(H2,12,13,14).